The number of nitrogens with one attached hydrogen (secondary N) is 1. The first-order valence-electron chi connectivity index (χ1n) is 6.50. The Balaban J connectivity index is 1.69. The molecule has 5 heteroatoms. The van der Waals surface area contributed by atoms with Gasteiger partial charge in [0.2, 0.25) is 11.8 Å². The zero-order valence-corrected chi connectivity index (χ0v) is 9.89. The molecule has 0 bridgehead atoms. The maximum Gasteiger partial charge on any atom is 0.241 e. The van der Waals surface area contributed by atoms with Crippen LogP contribution in [0.3, 0.4) is 0 Å². The maximum atomic E-state index is 12.4. The maximum absolute atomic E-state index is 12.4. The fourth-order valence-corrected chi connectivity index (χ4v) is 3.60. The largest absolute Gasteiger partial charge is 0.368 e. The lowest BCUT2D eigenvalue weighted by molar-refractivity contribution is -0.142. The first-order chi connectivity index (χ1) is 8.20. The molecule has 3 unspecified atom stereocenters. The van der Waals surface area contributed by atoms with Gasteiger partial charge in [-0.25, -0.2) is 0 Å². The van der Waals surface area contributed by atoms with E-state index in [-0.39, 0.29) is 11.8 Å². The number of hydrogen-bond acceptors (Lipinski definition) is 3. The van der Waals surface area contributed by atoms with E-state index in [2.05, 4.69) is 5.32 Å². The molecule has 5 nitrogen and oxygen atoms in total. The molecule has 2 saturated carbocycles. The van der Waals surface area contributed by atoms with E-state index in [4.69, 9.17) is 5.73 Å². The Bertz CT molecular complexity index is 348. The molecule has 1 heterocycles. The third kappa shape index (κ3) is 1.73. The van der Waals surface area contributed by atoms with Gasteiger partial charge in [-0.15, -0.1) is 0 Å². The fraction of sp³-hybridized carbons (Fsp3) is 0.833. The summed E-state index contributed by atoms with van der Waals surface area (Å²) < 4.78 is 0. The highest BCUT2D eigenvalue weighted by Crippen LogP contribution is 2.58. The molecular weight excluding hydrogens is 218 g/mol. The second-order valence-corrected chi connectivity index (χ2v) is 5.44. The molecule has 3 N–H and O–H groups in total. The van der Waals surface area contributed by atoms with Gasteiger partial charge in [0.15, 0.2) is 0 Å². The number of carbonyl (C=O) groups excluding carboxylic acids is 2. The standard InChI is InChI=1S/C12H19N3O2/c13-11(16)9-6-14-4-5-15(9)12(17)10-7-2-1-3-8(7)10/h7-10,14H,1-6H2,(H2,13,16). The molecule has 2 amide bonds. The van der Waals surface area contributed by atoms with Crippen molar-refractivity contribution in [1.82, 2.24) is 10.2 Å². The summed E-state index contributed by atoms with van der Waals surface area (Å²) in [5.74, 6) is 1.18. The number of primary amides is 1. The van der Waals surface area contributed by atoms with Crippen LogP contribution in [0.15, 0.2) is 0 Å². The number of amides is 2. The van der Waals surface area contributed by atoms with Crippen molar-refractivity contribution in [3.8, 4) is 0 Å². The average Bonchev–Trinajstić information content (AvgIpc) is 2.81. The van der Waals surface area contributed by atoms with Crippen molar-refractivity contribution in [1.29, 1.82) is 0 Å². The van der Waals surface area contributed by atoms with Gasteiger partial charge in [-0.2, -0.15) is 0 Å². The fourth-order valence-electron chi connectivity index (χ4n) is 3.60. The number of hydrogen-bond donors (Lipinski definition) is 2. The molecule has 94 valence electrons. The van der Waals surface area contributed by atoms with Crippen molar-refractivity contribution in [3.63, 3.8) is 0 Å². The van der Waals surface area contributed by atoms with Crippen LogP contribution in [0.5, 0.6) is 0 Å². The first kappa shape index (κ1) is 11.0. The third-order valence-electron chi connectivity index (χ3n) is 4.55. The number of piperazine rings is 1. The summed E-state index contributed by atoms with van der Waals surface area (Å²) in [5, 5.41) is 3.12. The van der Waals surface area contributed by atoms with Crippen molar-refractivity contribution in [2.24, 2.45) is 23.5 Å². The molecule has 0 spiro atoms. The van der Waals surface area contributed by atoms with Gasteiger partial charge in [0, 0.05) is 25.6 Å². The smallest absolute Gasteiger partial charge is 0.241 e. The average molecular weight is 237 g/mol. The van der Waals surface area contributed by atoms with Gasteiger partial charge in [0.05, 0.1) is 0 Å². The van der Waals surface area contributed by atoms with Crippen LogP contribution in [-0.4, -0.2) is 42.4 Å². The van der Waals surface area contributed by atoms with Crippen molar-refractivity contribution in [2.45, 2.75) is 25.3 Å². The quantitative estimate of drug-likeness (QED) is 0.668. The highest BCUT2D eigenvalue weighted by molar-refractivity contribution is 5.89. The summed E-state index contributed by atoms with van der Waals surface area (Å²) in [4.78, 5) is 25.4. The summed E-state index contributed by atoms with van der Waals surface area (Å²) in [7, 11) is 0. The van der Waals surface area contributed by atoms with E-state index in [9.17, 15) is 9.59 Å². The molecule has 3 atom stereocenters. The summed E-state index contributed by atoms with van der Waals surface area (Å²) in [6, 6.07) is -0.447. The van der Waals surface area contributed by atoms with Crippen LogP contribution in [0.2, 0.25) is 0 Å². The van der Waals surface area contributed by atoms with E-state index in [0.717, 1.165) is 6.54 Å². The normalized spacial score (nSPS) is 39.9. The summed E-state index contributed by atoms with van der Waals surface area (Å²) >= 11 is 0. The predicted octanol–water partition coefficient (Wildman–Crippen LogP) is -0.682. The van der Waals surface area contributed by atoms with Gasteiger partial charge in [-0.05, 0) is 24.7 Å². The molecular formula is C12H19N3O2. The molecule has 1 saturated heterocycles. The van der Waals surface area contributed by atoms with Gasteiger partial charge in [-0.3, -0.25) is 9.59 Å². The summed E-state index contributed by atoms with van der Waals surface area (Å²) in [5.41, 5.74) is 5.36. The zero-order chi connectivity index (χ0) is 12.0. The van der Waals surface area contributed by atoms with E-state index >= 15 is 0 Å². The Morgan fingerprint density at radius 3 is 2.59 bits per heavy atom. The van der Waals surface area contributed by atoms with E-state index < -0.39 is 11.9 Å². The second-order valence-electron chi connectivity index (χ2n) is 5.44. The van der Waals surface area contributed by atoms with Gasteiger partial charge in [-0.1, -0.05) is 6.42 Å². The lowest BCUT2D eigenvalue weighted by atomic mass is 10.1. The van der Waals surface area contributed by atoms with Crippen molar-refractivity contribution >= 4 is 11.8 Å². The molecule has 3 fully saturated rings. The van der Waals surface area contributed by atoms with Crippen LogP contribution >= 0.6 is 0 Å². The van der Waals surface area contributed by atoms with Crippen molar-refractivity contribution in [2.75, 3.05) is 19.6 Å². The van der Waals surface area contributed by atoms with Crippen molar-refractivity contribution in [3.05, 3.63) is 0 Å². The van der Waals surface area contributed by atoms with E-state index in [1.54, 1.807) is 4.90 Å². The number of fused-ring (bicyclic) bond motifs is 1. The second kappa shape index (κ2) is 3.98. The molecule has 0 aromatic rings. The van der Waals surface area contributed by atoms with Crippen molar-refractivity contribution < 1.29 is 9.59 Å². The molecule has 0 aromatic carbocycles. The van der Waals surface area contributed by atoms with Gasteiger partial charge < -0.3 is 16.0 Å². The van der Waals surface area contributed by atoms with Crippen LogP contribution < -0.4 is 11.1 Å². The Hall–Kier alpha value is -1.10. The molecule has 1 aliphatic heterocycles. The van der Waals surface area contributed by atoms with Crippen LogP contribution in [0.25, 0.3) is 0 Å². The first-order valence-corrected chi connectivity index (χ1v) is 6.50. The Morgan fingerprint density at radius 2 is 1.94 bits per heavy atom. The predicted molar refractivity (Wildman–Crippen MR) is 61.9 cm³/mol. The number of nitrogens with zero attached hydrogens (tertiary/aromatic N) is 1. The highest BCUT2D eigenvalue weighted by Gasteiger charge is 2.58. The molecule has 0 radical (unpaired) electrons. The van der Waals surface area contributed by atoms with Gasteiger partial charge in [0.1, 0.15) is 6.04 Å². The summed E-state index contributed by atoms with van der Waals surface area (Å²) in [6.07, 6.45) is 3.64. The van der Waals surface area contributed by atoms with Gasteiger partial charge >= 0.3 is 0 Å². The molecule has 3 aliphatic rings. The van der Waals surface area contributed by atoms with E-state index in [0.29, 0.717) is 24.9 Å². The van der Waals surface area contributed by atoms with Crippen LogP contribution in [0.1, 0.15) is 19.3 Å². The lowest BCUT2D eigenvalue weighted by Gasteiger charge is -2.34. The molecule has 2 aliphatic carbocycles. The molecule has 17 heavy (non-hydrogen) atoms. The number of rotatable bonds is 2. The van der Waals surface area contributed by atoms with Crippen LogP contribution in [0.4, 0.5) is 0 Å². The molecule has 0 aromatic heterocycles. The minimum absolute atomic E-state index is 0.171. The molecule has 3 rings (SSSR count). The third-order valence-corrected chi connectivity index (χ3v) is 4.55. The lowest BCUT2D eigenvalue weighted by Crippen LogP contribution is -2.59. The number of nitrogens with two attached hydrogens (primary N) is 1. The zero-order valence-electron chi connectivity index (χ0n) is 9.89. The SMILES string of the molecule is NC(=O)C1CNCCN1C(=O)C1C2CCCC21. The van der Waals surface area contributed by atoms with E-state index in [1.165, 1.54) is 19.3 Å². The van der Waals surface area contributed by atoms with Crippen LogP contribution in [0, 0.1) is 17.8 Å². The Morgan fingerprint density at radius 1 is 1.24 bits per heavy atom. The van der Waals surface area contributed by atoms with E-state index in [1.807, 2.05) is 0 Å². The van der Waals surface area contributed by atoms with Crippen LogP contribution in [-0.2, 0) is 9.59 Å². The highest BCUT2D eigenvalue weighted by atomic mass is 16.2. The Kier molecular flexibility index (Phi) is 2.58. The summed E-state index contributed by atoms with van der Waals surface area (Å²) in [6.45, 7) is 1.88. The Labute approximate surface area is 101 Å². The van der Waals surface area contributed by atoms with Gasteiger partial charge in [0.25, 0.3) is 0 Å². The minimum Gasteiger partial charge on any atom is -0.368 e. The number of carbonyl (C=O) groups is 2. The minimum atomic E-state index is -0.447. The monoisotopic (exact) mass is 237 g/mol. The topological polar surface area (TPSA) is 75.4 Å².